The first kappa shape index (κ1) is 29.9. The molecular formula is C34H33FN6O4S. The molecule has 2 amide bonds. The van der Waals surface area contributed by atoms with Crippen LogP contribution in [0.15, 0.2) is 73.3 Å². The number of anilines is 2. The average Bonchev–Trinajstić information content (AvgIpc) is 3.38. The lowest BCUT2D eigenvalue weighted by molar-refractivity contribution is -0.133. The van der Waals surface area contributed by atoms with Gasteiger partial charge in [0.05, 0.1) is 45.6 Å². The fourth-order valence-electron chi connectivity index (χ4n) is 5.91. The van der Waals surface area contributed by atoms with Gasteiger partial charge in [-0.15, -0.1) is 11.3 Å². The van der Waals surface area contributed by atoms with E-state index in [1.807, 2.05) is 18.6 Å². The number of fused-ring (bicyclic) bond motifs is 1. The summed E-state index contributed by atoms with van der Waals surface area (Å²) in [4.78, 5) is 39.9. The standard InChI is InChI=1S/C34H33FN6O4S/c1-44-28-7-3-2-6-26(28)41(33(43)34(11-12-34)32(36)42)22-8-9-27(23(35)18-22)45-29-10-13-37-24-19-30(46-31(24)29)25-20-40(21-38-25)17-16-39-14-4-5-15-39/h2-3,6-10,13,18-21H,4-5,11-12,14-17H2,1H3,(H2,36,42). The Morgan fingerprint density at radius 3 is 2.57 bits per heavy atom. The number of ether oxygens (including phenoxy) is 2. The molecule has 1 aliphatic heterocycles. The van der Waals surface area contributed by atoms with E-state index in [0.29, 0.717) is 30.0 Å². The average molecular weight is 641 g/mol. The second kappa shape index (κ2) is 12.2. The molecule has 1 saturated heterocycles. The Hall–Kier alpha value is -4.81. The smallest absolute Gasteiger partial charge is 0.247 e. The zero-order valence-electron chi connectivity index (χ0n) is 25.3. The van der Waals surface area contributed by atoms with Crippen molar-refractivity contribution in [1.82, 2.24) is 19.4 Å². The van der Waals surface area contributed by atoms with E-state index in [9.17, 15) is 9.59 Å². The summed E-state index contributed by atoms with van der Waals surface area (Å²) in [5.41, 5.74) is 6.45. The number of likely N-dealkylation sites (tertiary alicyclic amines) is 1. The van der Waals surface area contributed by atoms with Gasteiger partial charge in [0.2, 0.25) is 11.8 Å². The van der Waals surface area contributed by atoms with Gasteiger partial charge in [-0.3, -0.25) is 19.5 Å². The molecule has 10 nitrogen and oxygen atoms in total. The Bertz CT molecular complexity index is 1930. The molecule has 0 radical (unpaired) electrons. The number of rotatable bonds is 11. The summed E-state index contributed by atoms with van der Waals surface area (Å²) >= 11 is 1.48. The second-order valence-electron chi connectivity index (χ2n) is 11.7. The Balaban J connectivity index is 1.15. The van der Waals surface area contributed by atoms with Gasteiger partial charge < -0.3 is 24.7 Å². The number of pyridine rings is 1. The fraction of sp³-hybridized carbons (Fsp3) is 0.294. The van der Waals surface area contributed by atoms with E-state index < -0.39 is 23.0 Å². The summed E-state index contributed by atoms with van der Waals surface area (Å²) in [6.07, 6.45) is 8.70. The van der Waals surface area contributed by atoms with Gasteiger partial charge in [-0.05, 0) is 69.1 Å². The molecule has 2 aromatic carbocycles. The van der Waals surface area contributed by atoms with Crippen LogP contribution >= 0.6 is 11.3 Å². The van der Waals surface area contributed by atoms with E-state index in [-0.39, 0.29) is 11.4 Å². The van der Waals surface area contributed by atoms with Crippen molar-refractivity contribution < 1.29 is 23.5 Å². The Morgan fingerprint density at radius 2 is 1.83 bits per heavy atom. The van der Waals surface area contributed by atoms with E-state index in [1.54, 1.807) is 42.6 Å². The zero-order valence-corrected chi connectivity index (χ0v) is 26.1. The summed E-state index contributed by atoms with van der Waals surface area (Å²) in [7, 11) is 1.48. The fourth-order valence-corrected chi connectivity index (χ4v) is 6.94. The van der Waals surface area contributed by atoms with Crippen LogP contribution in [0.5, 0.6) is 17.2 Å². The lowest BCUT2D eigenvalue weighted by atomic mass is 10.0. The molecule has 4 heterocycles. The third-order valence-corrected chi connectivity index (χ3v) is 9.85. The number of hydrogen-bond acceptors (Lipinski definition) is 8. The zero-order chi connectivity index (χ0) is 31.8. The molecule has 0 spiro atoms. The molecule has 1 aliphatic carbocycles. The van der Waals surface area contributed by atoms with Gasteiger partial charge in [-0.2, -0.15) is 0 Å². The van der Waals surface area contributed by atoms with Gasteiger partial charge in [0, 0.05) is 37.6 Å². The molecule has 0 atom stereocenters. The van der Waals surface area contributed by atoms with Crippen molar-refractivity contribution in [1.29, 1.82) is 0 Å². The van der Waals surface area contributed by atoms with Gasteiger partial charge in [0.15, 0.2) is 11.6 Å². The van der Waals surface area contributed by atoms with Crippen molar-refractivity contribution in [2.45, 2.75) is 32.2 Å². The summed E-state index contributed by atoms with van der Waals surface area (Å²) in [5.74, 6) is -1.11. The van der Waals surface area contributed by atoms with Crippen LogP contribution in [0.4, 0.5) is 15.8 Å². The second-order valence-corrected chi connectivity index (χ2v) is 12.7. The number of halogens is 1. The molecule has 2 N–H and O–H groups in total. The molecule has 3 aromatic heterocycles. The highest BCUT2D eigenvalue weighted by Gasteiger charge is 2.57. The third-order valence-electron chi connectivity index (χ3n) is 8.69. The number of carbonyl (C=O) groups is 2. The lowest BCUT2D eigenvalue weighted by Gasteiger charge is -2.28. The van der Waals surface area contributed by atoms with Crippen LogP contribution in [-0.2, 0) is 16.1 Å². The number of hydrogen-bond donors (Lipinski definition) is 1. The maximum Gasteiger partial charge on any atom is 0.247 e. The maximum absolute atomic E-state index is 15.8. The molecule has 46 heavy (non-hydrogen) atoms. The Kier molecular flexibility index (Phi) is 7.91. The highest BCUT2D eigenvalue weighted by Crippen LogP contribution is 2.50. The van der Waals surface area contributed by atoms with E-state index in [1.165, 1.54) is 48.3 Å². The minimum Gasteiger partial charge on any atom is -0.495 e. The first-order chi connectivity index (χ1) is 22.4. The van der Waals surface area contributed by atoms with Crippen LogP contribution in [0, 0.1) is 11.2 Å². The number of methoxy groups -OCH3 is 1. The van der Waals surface area contributed by atoms with Crippen molar-refractivity contribution in [2.75, 3.05) is 31.6 Å². The number of para-hydroxylation sites is 2. The topological polar surface area (TPSA) is 116 Å². The number of nitrogens with two attached hydrogens (primary N) is 1. The number of carbonyl (C=O) groups excluding carboxylic acids is 2. The van der Waals surface area contributed by atoms with E-state index >= 15 is 4.39 Å². The van der Waals surface area contributed by atoms with E-state index in [4.69, 9.17) is 15.2 Å². The molecule has 1 saturated carbocycles. The van der Waals surface area contributed by atoms with Gasteiger partial charge in [0.25, 0.3) is 0 Å². The number of amides is 2. The number of benzene rings is 2. The number of thiophene rings is 1. The van der Waals surface area contributed by atoms with Crippen LogP contribution in [0.25, 0.3) is 20.8 Å². The van der Waals surface area contributed by atoms with Crippen LogP contribution in [0.2, 0.25) is 0 Å². The SMILES string of the molecule is COc1ccccc1N(C(=O)C1(C(N)=O)CC1)c1ccc(Oc2ccnc3cc(-c4cn(CCN5CCCC5)cn4)sc23)c(F)c1. The number of aromatic nitrogens is 3. The van der Waals surface area contributed by atoms with Gasteiger partial charge in [-0.25, -0.2) is 9.37 Å². The van der Waals surface area contributed by atoms with Gasteiger partial charge in [-0.1, -0.05) is 12.1 Å². The predicted octanol–water partition coefficient (Wildman–Crippen LogP) is 6.13. The van der Waals surface area contributed by atoms with Crippen LogP contribution < -0.4 is 20.1 Å². The molecule has 7 rings (SSSR count). The minimum absolute atomic E-state index is 0.0270. The first-order valence-electron chi connectivity index (χ1n) is 15.2. The summed E-state index contributed by atoms with van der Waals surface area (Å²) in [5, 5.41) is 0. The van der Waals surface area contributed by atoms with Crippen LogP contribution in [0.3, 0.4) is 0 Å². The third kappa shape index (κ3) is 5.58. The monoisotopic (exact) mass is 640 g/mol. The minimum atomic E-state index is -1.34. The highest BCUT2D eigenvalue weighted by molar-refractivity contribution is 7.22. The van der Waals surface area contributed by atoms with Crippen molar-refractivity contribution in [3.63, 3.8) is 0 Å². The van der Waals surface area contributed by atoms with Crippen LogP contribution in [-0.4, -0.2) is 58.0 Å². The quantitative estimate of drug-likeness (QED) is 0.173. The Morgan fingerprint density at radius 1 is 1.02 bits per heavy atom. The van der Waals surface area contributed by atoms with E-state index in [2.05, 4.69) is 19.4 Å². The Labute approximate surface area is 269 Å². The van der Waals surface area contributed by atoms with E-state index in [0.717, 1.165) is 47.0 Å². The number of nitrogens with zero attached hydrogens (tertiary/aromatic N) is 5. The van der Waals surface area contributed by atoms with Crippen LogP contribution in [0.1, 0.15) is 25.7 Å². The van der Waals surface area contributed by atoms with Crippen molar-refractivity contribution >= 4 is 44.7 Å². The molecule has 12 heteroatoms. The molecule has 236 valence electrons. The first-order valence-corrected chi connectivity index (χ1v) is 16.1. The summed E-state index contributed by atoms with van der Waals surface area (Å²) in [6, 6.07) is 14.8. The van der Waals surface area contributed by atoms with Crippen molar-refractivity contribution in [3.8, 4) is 27.8 Å². The van der Waals surface area contributed by atoms with Crippen molar-refractivity contribution in [3.05, 3.63) is 79.1 Å². The number of primary amides is 1. The predicted molar refractivity (Wildman–Crippen MR) is 174 cm³/mol. The van der Waals surface area contributed by atoms with Crippen molar-refractivity contribution in [2.24, 2.45) is 11.1 Å². The highest BCUT2D eigenvalue weighted by atomic mass is 32.1. The summed E-state index contributed by atoms with van der Waals surface area (Å²) in [6.45, 7) is 4.19. The van der Waals surface area contributed by atoms with Gasteiger partial charge >= 0.3 is 0 Å². The molecule has 2 fully saturated rings. The summed E-state index contributed by atoms with van der Waals surface area (Å²) < 4.78 is 30.2. The molecule has 2 aliphatic rings. The normalized spacial score (nSPS) is 15.6. The van der Waals surface area contributed by atoms with Gasteiger partial charge in [0.1, 0.15) is 16.9 Å². The lowest BCUT2D eigenvalue weighted by Crippen LogP contribution is -2.41. The number of imidazole rings is 1. The molecular weight excluding hydrogens is 607 g/mol. The maximum atomic E-state index is 15.8. The molecule has 0 bridgehead atoms. The molecule has 0 unspecified atom stereocenters. The largest absolute Gasteiger partial charge is 0.495 e. The molecule has 5 aromatic rings.